The molecule has 0 saturated carbocycles. The van der Waals surface area contributed by atoms with Crippen molar-refractivity contribution in [3.8, 4) is 0 Å². The molecule has 0 aromatic carbocycles. The van der Waals surface area contributed by atoms with Crippen molar-refractivity contribution in [1.82, 2.24) is 9.88 Å². The number of pyridine rings is 1. The molecule has 1 atom stereocenters. The lowest BCUT2D eigenvalue weighted by atomic mass is 10.0. The fourth-order valence-electron chi connectivity index (χ4n) is 2.23. The number of piperidine rings is 1. The molecule has 1 aromatic heterocycles. The number of aromatic nitrogens is 1. The van der Waals surface area contributed by atoms with Gasteiger partial charge in [0.05, 0.1) is 12.6 Å². The topological polar surface area (TPSA) is 36.4 Å². The summed E-state index contributed by atoms with van der Waals surface area (Å²) in [7, 11) is 0. The summed E-state index contributed by atoms with van der Waals surface area (Å²) in [5.74, 6) is 0. The summed E-state index contributed by atoms with van der Waals surface area (Å²) in [6, 6.07) is 4.11. The Balaban J connectivity index is 2.09. The fourth-order valence-corrected chi connectivity index (χ4v) is 2.23. The smallest absolute Gasteiger partial charge is 0.0629 e. The van der Waals surface area contributed by atoms with E-state index in [9.17, 15) is 5.11 Å². The lowest BCUT2D eigenvalue weighted by molar-refractivity contribution is 0.104. The van der Waals surface area contributed by atoms with Crippen molar-refractivity contribution in [2.75, 3.05) is 19.7 Å². The van der Waals surface area contributed by atoms with Gasteiger partial charge in [-0.3, -0.25) is 9.88 Å². The first-order valence-electron chi connectivity index (χ1n) is 5.66. The molecular weight excluding hydrogens is 188 g/mol. The molecule has 3 heteroatoms. The number of rotatable bonds is 3. The van der Waals surface area contributed by atoms with Crippen LogP contribution in [0.3, 0.4) is 0 Å². The van der Waals surface area contributed by atoms with E-state index >= 15 is 0 Å². The van der Waals surface area contributed by atoms with Gasteiger partial charge in [-0.15, -0.1) is 0 Å². The van der Waals surface area contributed by atoms with Gasteiger partial charge in [-0.05, 0) is 37.6 Å². The zero-order valence-electron chi connectivity index (χ0n) is 8.97. The molecule has 0 aliphatic carbocycles. The third-order valence-electron chi connectivity index (χ3n) is 3.07. The summed E-state index contributed by atoms with van der Waals surface area (Å²) < 4.78 is 0. The van der Waals surface area contributed by atoms with Crippen molar-refractivity contribution >= 4 is 0 Å². The zero-order valence-corrected chi connectivity index (χ0v) is 8.97. The molecule has 1 aromatic rings. The van der Waals surface area contributed by atoms with E-state index in [1.165, 1.54) is 19.3 Å². The summed E-state index contributed by atoms with van der Waals surface area (Å²) in [5, 5.41) is 9.46. The van der Waals surface area contributed by atoms with E-state index in [1.54, 1.807) is 6.20 Å². The number of aliphatic hydroxyl groups excluding tert-OH is 1. The number of hydrogen-bond acceptors (Lipinski definition) is 3. The van der Waals surface area contributed by atoms with Gasteiger partial charge in [0.1, 0.15) is 0 Å². The Kier molecular flexibility index (Phi) is 3.69. The Morgan fingerprint density at radius 2 is 2.13 bits per heavy atom. The van der Waals surface area contributed by atoms with Crippen molar-refractivity contribution in [2.45, 2.75) is 25.3 Å². The molecule has 1 N–H and O–H groups in total. The molecule has 0 unspecified atom stereocenters. The van der Waals surface area contributed by atoms with Gasteiger partial charge in [-0.2, -0.15) is 0 Å². The van der Waals surface area contributed by atoms with Gasteiger partial charge < -0.3 is 5.11 Å². The highest BCUT2D eigenvalue weighted by molar-refractivity contribution is 5.14. The molecule has 0 radical (unpaired) electrons. The van der Waals surface area contributed by atoms with E-state index < -0.39 is 0 Å². The molecule has 2 rings (SSSR count). The largest absolute Gasteiger partial charge is 0.394 e. The van der Waals surface area contributed by atoms with Gasteiger partial charge in [0.15, 0.2) is 0 Å². The minimum Gasteiger partial charge on any atom is -0.394 e. The van der Waals surface area contributed by atoms with Crippen molar-refractivity contribution in [2.24, 2.45) is 0 Å². The van der Waals surface area contributed by atoms with Crippen LogP contribution in [0.25, 0.3) is 0 Å². The molecule has 0 spiro atoms. The third-order valence-corrected chi connectivity index (χ3v) is 3.07. The predicted octanol–water partition coefficient (Wildman–Crippen LogP) is 1.60. The first-order valence-corrected chi connectivity index (χ1v) is 5.66. The van der Waals surface area contributed by atoms with Gasteiger partial charge in [0, 0.05) is 12.4 Å². The van der Waals surface area contributed by atoms with E-state index in [-0.39, 0.29) is 12.6 Å². The van der Waals surface area contributed by atoms with E-state index in [0.717, 1.165) is 18.7 Å². The van der Waals surface area contributed by atoms with Crippen LogP contribution in [0.15, 0.2) is 24.5 Å². The van der Waals surface area contributed by atoms with E-state index in [4.69, 9.17) is 0 Å². The molecule has 82 valence electrons. The van der Waals surface area contributed by atoms with E-state index in [1.807, 2.05) is 18.3 Å². The highest BCUT2D eigenvalue weighted by atomic mass is 16.3. The molecule has 1 fully saturated rings. The predicted molar refractivity (Wildman–Crippen MR) is 59.5 cm³/mol. The van der Waals surface area contributed by atoms with Gasteiger partial charge in [-0.1, -0.05) is 12.5 Å². The molecule has 1 aliphatic heterocycles. The van der Waals surface area contributed by atoms with Gasteiger partial charge in [0.2, 0.25) is 0 Å². The zero-order chi connectivity index (χ0) is 10.5. The second-order valence-corrected chi connectivity index (χ2v) is 4.08. The van der Waals surface area contributed by atoms with Crippen molar-refractivity contribution in [3.05, 3.63) is 30.1 Å². The van der Waals surface area contributed by atoms with Crippen LogP contribution in [0.1, 0.15) is 30.9 Å². The minimum atomic E-state index is 0.138. The molecule has 1 saturated heterocycles. The van der Waals surface area contributed by atoms with Crippen LogP contribution in [0.2, 0.25) is 0 Å². The second-order valence-electron chi connectivity index (χ2n) is 4.08. The lowest BCUT2D eigenvalue weighted by Gasteiger charge is -2.33. The maximum atomic E-state index is 9.46. The maximum Gasteiger partial charge on any atom is 0.0629 e. The fraction of sp³-hybridized carbons (Fsp3) is 0.583. The van der Waals surface area contributed by atoms with Gasteiger partial charge in [-0.25, -0.2) is 0 Å². The Morgan fingerprint density at radius 3 is 2.73 bits per heavy atom. The Morgan fingerprint density at radius 1 is 1.33 bits per heavy atom. The van der Waals surface area contributed by atoms with Crippen molar-refractivity contribution in [3.63, 3.8) is 0 Å². The van der Waals surface area contributed by atoms with Crippen LogP contribution < -0.4 is 0 Å². The molecular formula is C12H18N2O. The van der Waals surface area contributed by atoms with Crippen molar-refractivity contribution < 1.29 is 5.11 Å². The van der Waals surface area contributed by atoms with Crippen LogP contribution in [0, 0.1) is 0 Å². The Hall–Kier alpha value is -0.930. The van der Waals surface area contributed by atoms with Crippen LogP contribution in [0.5, 0.6) is 0 Å². The van der Waals surface area contributed by atoms with E-state index in [2.05, 4.69) is 9.88 Å². The maximum absolute atomic E-state index is 9.46. The SMILES string of the molecule is OC[C@@H](c1cccnc1)N1CCCCC1. The van der Waals surface area contributed by atoms with E-state index in [0.29, 0.717) is 0 Å². The normalized spacial score (nSPS) is 20.1. The minimum absolute atomic E-state index is 0.138. The number of likely N-dealkylation sites (tertiary alicyclic amines) is 1. The average Bonchev–Trinajstić information content (AvgIpc) is 2.33. The summed E-state index contributed by atoms with van der Waals surface area (Å²) in [4.78, 5) is 6.47. The number of hydrogen-bond donors (Lipinski definition) is 1. The molecule has 0 bridgehead atoms. The monoisotopic (exact) mass is 206 g/mol. The third kappa shape index (κ3) is 2.55. The standard InChI is InChI=1S/C12H18N2O/c15-10-12(11-5-4-6-13-9-11)14-7-2-1-3-8-14/h4-6,9,12,15H,1-3,7-8,10H2/t12-/m0/s1. The second kappa shape index (κ2) is 5.24. The van der Waals surface area contributed by atoms with Crippen LogP contribution >= 0.6 is 0 Å². The molecule has 0 amide bonds. The van der Waals surface area contributed by atoms with Gasteiger partial charge in [0.25, 0.3) is 0 Å². The summed E-state index contributed by atoms with van der Waals surface area (Å²) in [6.07, 6.45) is 7.44. The molecule has 2 heterocycles. The number of aliphatic hydroxyl groups is 1. The van der Waals surface area contributed by atoms with Crippen molar-refractivity contribution in [1.29, 1.82) is 0 Å². The highest BCUT2D eigenvalue weighted by Gasteiger charge is 2.21. The van der Waals surface area contributed by atoms with Crippen LogP contribution in [-0.4, -0.2) is 34.7 Å². The Labute approximate surface area is 90.8 Å². The first kappa shape index (κ1) is 10.6. The summed E-state index contributed by atoms with van der Waals surface area (Å²) >= 11 is 0. The van der Waals surface area contributed by atoms with Crippen LogP contribution in [-0.2, 0) is 0 Å². The molecule has 3 nitrogen and oxygen atoms in total. The molecule has 1 aliphatic rings. The molecule has 15 heavy (non-hydrogen) atoms. The van der Waals surface area contributed by atoms with Gasteiger partial charge >= 0.3 is 0 Å². The quantitative estimate of drug-likeness (QED) is 0.816. The Bertz CT molecular complexity index is 283. The summed E-state index contributed by atoms with van der Waals surface area (Å²) in [5.41, 5.74) is 1.13. The van der Waals surface area contributed by atoms with Crippen LogP contribution in [0.4, 0.5) is 0 Å². The lowest BCUT2D eigenvalue weighted by Crippen LogP contribution is -2.35. The highest BCUT2D eigenvalue weighted by Crippen LogP contribution is 2.23. The summed E-state index contributed by atoms with van der Waals surface area (Å²) in [6.45, 7) is 2.38. The number of nitrogens with zero attached hydrogens (tertiary/aromatic N) is 2. The average molecular weight is 206 g/mol. The first-order chi connectivity index (χ1) is 7.42.